The van der Waals surface area contributed by atoms with Gasteiger partial charge in [0, 0.05) is 39.3 Å². The van der Waals surface area contributed by atoms with E-state index in [1.165, 1.54) is 6.07 Å². The molecular weight excluding hydrogens is 435 g/mol. The minimum Gasteiger partial charge on any atom is -0.460 e. The number of aryl methyl sites for hydroxylation is 1. The third-order valence-electron chi connectivity index (χ3n) is 6.28. The third-order valence-corrected chi connectivity index (χ3v) is 7.53. The van der Waals surface area contributed by atoms with Gasteiger partial charge < -0.3 is 14.4 Å². The SMILES string of the molecule is Cc1cc2c(CS(=O)CCO)c3c(nc2cc1F)-c1cc2c(c(=O)n1C3)COC(=O)C2C. The van der Waals surface area contributed by atoms with Gasteiger partial charge in [-0.05, 0) is 42.7 Å². The van der Waals surface area contributed by atoms with Crippen molar-refractivity contribution in [3.8, 4) is 11.4 Å². The van der Waals surface area contributed by atoms with Crippen molar-refractivity contribution in [2.45, 2.75) is 38.7 Å². The number of hydrogen-bond donors (Lipinski definition) is 1. The molecule has 0 radical (unpaired) electrons. The molecule has 32 heavy (non-hydrogen) atoms. The number of aliphatic hydroxyl groups excluding tert-OH is 1. The van der Waals surface area contributed by atoms with Crippen molar-refractivity contribution in [2.75, 3.05) is 12.4 Å². The fourth-order valence-electron chi connectivity index (χ4n) is 4.53. The molecule has 7 nitrogen and oxygen atoms in total. The average molecular weight is 456 g/mol. The van der Waals surface area contributed by atoms with Crippen LogP contribution in [0.4, 0.5) is 4.39 Å². The summed E-state index contributed by atoms with van der Waals surface area (Å²) in [5, 5.41) is 9.89. The van der Waals surface area contributed by atoms with Crippen LogP contribution in [0.3, 0.4) is 0 Å². The molecule has 5 rings (SSSR count). The Bertz CT molecular complexity index is 1400. The molecule has 2 aliphatic heterocycles. The first kappa shape index (κ1) is 21.0. The molecule has 1 aromatic carbocycles. The molecule has 0 fully saturated rings. The first-order valence-electron chi connectivity index (χ1n) is 10.3. The Labute approximate surface area is 185 Å². The number of benzene rings is 1. The topological polar surface area (TPSA) is 98.5 Å². The Morgan fingerprint density at radius 3 is 2.81 bits per heavy atom. The zero-order chi connectivity index (χ0) is 22.7. The molecule has 0 bridgehead atoms. The van der Waals surface area contributed by atoms with Crippen LogP contribution in [0.1, 0.15) is 40.7 Å². The summed E-state index contributed by atoms with van der Waals surface area (Å²) < 4.78 is 33.7. The van der Waals surface area contributed by atoms with Gasteiger partial charge in [-0.2, -0.15) is 0 Å². The Morgan fingerprint density at radius 2 is 2.06 bits per heavy atom. The Kier molecular flexibility index (Phi) is 4.98. The van der Waals surface area contributed by atoms with Gasteiger partial charge in [0.25, 0.3) is 5.56 Å². The molecule has 0 saturated carbocycles. The number of esters is 1. The molecule has 2 atom stereocenters. The van der Waals surface area contributed by atoms with Crippen molar-refractivity contribution in [3.05, 3.63) is 62.2 Å². The lowest BCUT2D eigenvalue weighted by Crippen LogP contribution is -2.31. The monoisotopic (exact) mass is 456 g/mol. The summed E-state index contributed by atoms with van der Waals surface area (Å²) in [5.74, 6) is -1.07. The Balaban J connectivity index is 1.78. The molecule has 2 unspecified atom stereocenters. The number of ether oxygens (including phenoxy) is 1. The van der Waals surface area contributed by atoms with Gasteiger partial charge in [0.05, 0.1) is 41.5 Å². The second-order valence-electron chi connectivity index (χ2n) is 8.23. The first-order chi connectivity index (χ1) is 15.3. The van der Waals surface area contributed by atoms with Gasteiger partial charge >= 0.3 is 5.97 Å². The summed E-state index contributed by atoms with van der Waals surface area (Å²) in [7, 11) is -1.34. The molecule has 3 aromatic rings. The van der Waals surface area contributed by atoms with E-state index in [9.17, 15) is 23.3 Å². The first-order valence-corrected chi connectivity index (χ1v) is 11.8. The fourth-order valence-corrected chi connectivity index (χ4v) is 5.53. The second kappa shape index (κ2) is 7.60. The lowest BCUT2D eigenvalue weighted by molar-refractivity contribution is -0.147. The molecule has 0 spiro atoms. The zero-order valence-corrected chi connectivity index (χ0v) is 18.4. The molecular formula is C23H21FN2O5S. The van der Waals surface area contributed by atoms with E-state index in [0.717, 1.165) is 11.1 Å². The summed E-state index contributed by atoms with van der Waals surface area (Å²) in [6.07, 6.45) is 0. The summed E-state index contributed by atoms with van der Waals surface area (Å²) in [6, 6.07) is 4.84. The van der Waals surface area contributed by atoms with Gasteiger partial charge in [0.2, 0.25) is 0 Å². The van der Waals surface area contributed by atoms with Crippen LogP contribution in [0.2, 0.25) is 0 Å². The minimum absolute atomic E-state index is 0.0683. The molecule has 9 heteroatoms. The van der Waals surface area contributed by atoms with Crippen molar-refractivity contribution < 1.29 is 23.2 Å². The number of rotatable bonds is 4. The number of aromatic nitrogens is 2. The maximum absolute atomic E-state index is 14.4. The van der Waals surface area contributed by atoms with Gasteiger partial charge in [-0.1, -0.05) is 0 Å². The van der Waals surface area contributed by atoms with E-state index >= 15 is 0 Å². The van der Waals surface area contributed by atoms with Gasteiger partial charge in [-0.3, -0.25) is 13.8 Å². The number of fused-ring (bicyclic) bond motifs is 5. The third kappa shape index (κ3) is 3.10. The standard InChI is InChI=1S/C23H21FN2O5S/c1-11-5-14-17(10-32(30)4-3-27)15-8-26-20(21(15)25-19(14)7-18(11)24)6-13-12(2)23(29)31-9-16(13)22(26)28/h5-7,12,27H,3-4,8-10H2,1-2H3. The molecule has 4 heterocycles. The molecule has 2 aromatic heterocycles. The number of pyridine rings is 2. The van der Waals surface area contributed by atoms with Crippen molar-refractivity contribution >= 4 is 27.7 Å². The summed E-state index contributed by atoms with van der Waals surface area (Å²) in [4.78, 5) is 30.0. The van der Waals surface area contributed by atoms with E-state index < -0.39 is 22.5 Å². The van der Waals surface area contributed by atoms with E-state index in [1.807, 2.05) is 0 Å². The van der Waals surface area contributed by atoms with E-state index in [1.54, 1.807) is 30.5 Å². The fraction of sp³-hybridized carbons (Fsp3) is 0.348. The summed E-state index contributed by atoms with van der Waals surface area (Å²) >= 11 is 0. The highest BCUT2D eigenvalue weighted by Gasteiger charge is 2.33. The van der Waals surface area contributed by atoms with Gasteiger partial charge in [0.15, 0.2) is 0 Å². The van der Waals surface area contributed by atoms with Gasteiger partial charge in [0.1, 0.15) is 12.4 Å². The van der Waals surface area contributed by atoms with Gasteiger partial charge in [-0.25, -0.2) is 9.37 Å². The quantitative estimate of drug-likeness (QED) is 0.473. The number of cyclic esters (lactones) is 1. The molecule has 0 aliphatic carbocycles. The van der Waals surface area contributed by atoms with Crippen LogP contribution in [-0.2, 0) is 39.2 Å². The van der Waals surface area contributed by atoms with Crippen LogP contribution >= 0.6 is 0 Å². The predicted molar refractivity (Wildman–Crippen MR) is 117 cm³/mol. The minimum atomic E-state index is -1.34. The largest absolute Gasteiger partial charge is 0.460 e. The number of aliphatic hydroxyl groups is 1. The van der Waals surface area contributed by atoms with Crippen LogP contribution in [0.25, 0.3) is 22.3 Å². The van der Waals surface area contributed by atoms with Crippen LogP contribution in [0.5, 0.6) is 0 Å². The van der Waals surface area contributed by atoms with Crippen LogP contribution in [-0.4, -0.2) is 37.2 Å². The number of halogens is 1. The highest BCUT2D eigenvalue weighted by molar-refractivity contribution is 7.84. The predicted octanol–water partition coefficient (Wildman–Crippen LogP) is 2.27. The van der Waals surface area contributed by atoms with Crippen molar-refractivity contribution in [2.24, 2.45) is 0 Å². The Morgan fingerprint density at radius 1 is 1.28 bits per heavy atom. The van der Waals surface area contributed by atoms with E-state index in [2.05, 4.69) is 4.98 Å². The molecule has 0 saturated heterocycles. The maximum atomic E-state index is 14.4. The van der Waals surface area contributed by atoms with Crippen LogP contribution in [0, 0.1) is 12.7 Å². The van der Waals surface area contributed by atoms with Crippen LogP contribution < -0.4 is 5.56 Å². The zero-order valence-electron chi connectivity index (χ0n) is 17.6. The summed E-state index contributed by atoms with van der Waals surface area (Å²) in [5.41, 5.74) is 4.26. The Hall–Kier alpha value is -2.91. The average Bonchev–Trinajstić information content (AvgIpc) is 3.11. The number of carbonyl (C=O) groups excluding carboxylic acids is 1. The molecule has 2 aliphatic rings. The summed E-state index contributed by atoms with van der Waals surface area (Å²) in [6.45, 7) is 3.32. The van der Waals surface area contributed by atoms with Gasteiger partial charge in [-0.15, -0.1) is 0 Å². The van der Waals surface area contributed by atoms with E-state index in [0.29, 0.717) is 39.0 Å². The van der Waals surface area contributed by atoms with E-state index in [-0.39, 0.29) is 42.8 Å². The number of nitrogens with zero attached hydrogens (tertiary/aromatic N) is 2. The van der Waals surface area contributed by atoms with Crippen molar-refractivity contribution in [1.82, 2.24) is 9.55 Å². The molecule has 166 valence electrons. The highest BCUT2D eigenvalue weighted by atomic mass is 32.2. The van der Waals surface area contributed by atoms with Crippen molar-refractivity contribution in [3.63, 3.8) is 0 Å². The highest BCUT2D eigenvalue weighted by Crippen LogP contribution is 2.39. The maximum Gasteiger partial charge on any atom is 0.313 e. The normalized spacial score (nSPS) is 17.6. The van der Waals surface area contributed by atoms with Crippen LogP contribution in [0.15, 0.2) is 23.0 Å². The van der Waals surface area contributed by atoms with E-state index in [4.69, 9.17) is 4.74 Å². The number of carbonyl (C=O) groups is 1. The molecule has 0 amide bonds. The smallest absolute Gasteiger partial charge is 0.313 e. The van der Waals surface area contributed by atoms with Crippen molar-refractivity contribution in [1.29, 1.82) is 0 Å². The lowest BCUT2D eigenvalue weighted by Gasteiger charge is -2.22. The molecule has 1 N–H and O–H groups in total. The lowest BCUT2D eigenvalue weighted by atomic mass is 9.94. The number of hydrogen-bond acceptors (Lipinski definition) is 6. The second-order valence-corrected chi connectivity index (χ2v) is 9.81.